The zero-order valence-corrected chi connectivity index (χ0v) is 16.0. The molecule has 0 saturated heterocycles. The maximum atomic E-state index is 12.5. The van der Waals surface area contributed by atoms with Gasteiger partial charge in [-0.2, -0.15) is 5.26 Å². The third-order valence-electron chi connectivity index (χ3n) is 6.47. The van der Waals surface area contributed by atoms with Crippen molar-refractivity contribution in [2.75, 3.05) is 0 Å². The van der Waals surface area contributed by atoms with Crippen LogP contribution in [0.25, 0.3) is 0 Å². The molecule has 1 aromatic carbocycles. The molecule has 2 aliphatic carbocycles. The number of unbranched alkanes of at least 4 members (excludes halogenated alkanes) is 2. The van der Waals surface area contributed by atoms with E-state index >= 15 is 0 Å². The van der Waals surface area contributed by atoms with Crippen molar-refractivity contribution in [3.63, 3.8) is 0 Å². The van der Waals surface area contributed by atoms with Gasteiger partial charge in [0.05, 0.1) is 17.6 Å². The minimum Gasteiger partial charge on any atom is -0.426 e. The molecule has 0 spiro atoms. The molecule has 2 saturated carbocycles. The molecule has 0 radical (unpaired) electrons. The zero-order chi connectivity index (χ0) is 18.4. The number of rotatable bonds is 6. The van der Waals surface area contributed by atoms with Gasteiger partial charge in [0.1, 0.15) is 5.75 Å². The van der Waals surface area contributed by atoms with E-state index in [4.69, 9.17) is 10.00 Å². The van der Waals surface area contributed by atoms with Crippen LogP contribution in [0.1, 0.15) is 76.7 Å². The van der Waals surface area contributed by atoms with E-state index in [1.165, 1.54) is 51.4 Å². The number of ether oxygens (including phenoxy) is 1. The molecule has 2 fully saturated rings. The van der Waals surface area contributed by atoms with Crippen molar-refractivity contribution >= 4 is 5.97 Å². The third-order valence-corrected chi connectivity index (χ3v) is 6.47. The first-order valence-electron chi connectivity index (χ1n) is 10.4. The lowest BCUT2D eigenvalue weighted by Gasteiger charge is -2.41. The number of hydrogen-bond acceptors (Lipinski definition) is 3. The highest BCUT2D eigenvalue weighted by molar-refractivity contribution is 5.75. The van der Waals surface area contributed by atoms with E-state index in [-0.39, 0.29) is 11.9 Å². The van der Waals surface area contributed by atoms with Gasteiger partial charge in [-0.3, -0.25) is 4.79 Å². The summed E-state index contributed by atoms with van der Waals surface area (Å²) in [5, 5.41) is 8.85. The highest BCUT2D eigenvalue weighted by Gasteiger charge is 2.38. The summed E-state index contributed by atoms with van der Waals surface area (Å²) in [5.41, 5.74) is 0.584. The van der Waals surface area contributed by atoms with Crippen molar-refractivity contribution < 1.29 is 9.53 Å². The standard InChI is InChI=1S/C23H31NO2/c1-2-3-4-5-17-6-9-20-15-21(11-10-19(20)14-17)23(25)26-22-12-7-18(16-24)8-13-22/h7-8,12-13,17,19-21H,2-6,9-11,14-15H2,1H3/t17?,19-,20?,21-/m1/s1. The molecule has 0 bridgehead atoms. The molecule has 2 unspecified atom stereocenters. The largest absolute Gasteiger partial charge is 0.426 e. The quantitative estimate of drug-likeness (QED) is 0.365. The normalized spacial score (nSPS) is 28.0. The monoisotopic (exact) mass is 353 g/mol. The number of fused-ring (bicyclic) bond motifs is 1. The van der Waals surface area contributed by atoms with Crippen LogP contribution in [0.5, 0.6) is 5.75 Å². The van der Waals surface area contributed by atoms with Gasteiger partial charge < -0.3 is 4.74 Å². The van der Waals surface area contributed by atoms with Crippen molar-refractivity contribution in [1.29, 1.82) is 5.26 Å². The summed E-state index contributed by atoms with van der Waals surface area (Å²) in [6.07, 6.45) is 12.6. The minimum atomic E-state index is -0.0850. The van der Waals surface area contributed by atoms with Crippen LogP contribution in [0, 0.1) is 35.0 Å². The average molecular weight is 354 g/mol. The molecular formula is C23H31NO2. The fraction of sp³-hybridized carbons (Fsp3) is 0.652. The second-order valence-corrected chi connectivity index (χ2v) is 8.26. The summed E-state index contributed by atoms with van der Waals surface area (Å²) < 4.78 is 5.57. The third kappa shape index (κ3) is 4.87. The second-order valence-electron chi connectivity index (χ2n) is 8.26. The number of nitriles is 1. The molecule has 0 amide bonds. The summed E-state index contributed by atoms with van der Waals surface area (Å²) in [7, 11) is 0. The highest BCUT2D eigenvalue weighted by atomic mass is 16.5. The molecule has 0 aliphatic heterocycles. The molecule has 140 valence electrons. The number of carbonyl (C=O) groups excluding carboxylic acids is 1. The fourth-order valence-corrected chi connectivity index (χ4v) is 4.94. The first-order valence-corrected chi connectivity index (χ1v) is 10.4. The Hall–Kier alpha value is -1.82. The minimum absolute atomic E-state index is 0.0449. The van der Waals surface area contributed by atoms with Crippen molar-refractivity contribution in [3.05, 3.63) is 29.8 Å². The van der Waals surface area contributed by atoms with E-state index in [1.54, 1.807) is 24.3 Å². The summed E-state index contributed by atoms with van der Waals surface area (Å²) in [4.78, 5) is 12.5. The zero-order valence-electron chi connectivity index (χ0n) is 16.0. The van der Waals surface area contributed by atoms with Crippen LogP contribution in [0.3, 0.4) is 0 Å². The summed E-state index contributed by atoms with van der Waals surface area (Å²) in [6.45, 7) is 2.27. The van der Waals surface area contributed by atoms with Crippen LogP contribution in [0.4, 0.5) is 0 Å². The lowest BCUT2D eigenvalue weighted by molar-refractivity contribution is -0.141. The Balaban J connectivity index is 1.47. The van der Waals surface area contributed by atoms with Gasteiger partial charge in [-0.1, -0.05) is 39.0 Å². The van der Waals surface area contributed by atoms with E-state index in [0.717, 1.165) is 24.7 Å². The molecule has 3 nitrogen and oxygen atoms in total. The first kappa shape index (κ1) is 19.0. The van der Waals surface area contributed by atoms with Crippen LogP contribution < -0.4 is 4.74 Å². The van der Waals surface area contributed by atoms with Crippen LogP contribution in [-0.4, -0.2) is 5.97 Å². The molecule has 0 N–H and O–H groups in total. The second kappa shape index (κ2) is 9.21. The Bertz CT molecular complexity index is 631. The highest BCUT2D eigenvalue weighted by Crippen LogP contribution is 2.46. The Kier molecular flexibility index (Phi) is 6.72. The van der Waals surface area contributed by atoms with E-state index in [2.05, 4.69) is 13.0 Å². The SMILES string of the molecule is CCCCCC1CCC2C[C@H](C(=O)Oc3ccc(C#N)cc3)CC[C@@H]2C1. The van der Waals surface area contributed by atoms with Gasteiger partial charge in [-0.15, -0.1) is 0 Å². The Morgan fingerprint density at radius 3 is 2.54 bits per heavy atom. The number of hydrogen-bond donors (Lipinski definition) is 0. The topological polar surface area (TPSA) is 50.1 Å². The predicted molar refractivity (Wildman–Crippen MR) is 103 cm³/mol. The van der Waals surface area contributed by atoms with Crippen molar-refractivity contribution in [2.24, 2.45) is 23.7 Å². The maximum Gasteiger partial charge on any atom is 0.314 e. The predicted octanol–water partition coefficient (Wildman–Crippen LogP) is 5.88. The van der Waals surface area contributed by atoms with Crippen molar-refractivity contribution in [1.82, 2.24) is 0 Å². The number of carbonyl (C=O) groups is 1. The number of nitrogens with zero attached hydrogens (tertiary/aromatic N) is 1. The summed E-state index contributed by atoms with van der Waals surface area (Å²) in [6, 6.07) is 8.89. The molecule has 0 heterocycles. The Morgan fingerprint density at radius 1 is 1.08 bits per heavy atom. The van der Waals surface area contributed by atoms with Gasteiger partial charge in [-0.25, -0.2) is 0 Å². The molecule has 4 atom stereocenters. The van der Waals surface area contributed by atoms with Crippen LogP contribution in [0.15, 0.2) is 24.3 Å². The van der Waals surface area contributed by atoms with Crippen molar-refractivity contribution in [3.8, 4) is 11.8 Å². The number of benzene rings is 1. The molecule has 0 aromatic heterocycles. The number of esters is 1. The Labute approximate surface area is 157 Å². The van der Waals surface area contributed by atoms with Gasteiger partial charge in [-0.05, 0) is 74.1 Å². The molecular weight excluding hydrogens is 322 g/mol. The summed E-state index contributed by atoms with van der Waals surface area (Å²) >= 11 is 0. The summed E-state index contributed by atoms with van der Waals surface area (Å²) in [5.74, 6) is 2.97. The van der Waals surface area contributed by atoms with Crippen LogP contribution in [-0.2, 0) is 4.79 Å². The lowest BCUT2D eigenvalue weighted by atomic mass is 9.64. The van der Waals surface area contributed by atoms with Crippen LogP contribution >= 0.6 is 0 Å². The Morgan fingerprint density at radius 2 is 1.81 bits per heavy atom. The van der Waals surface area contributed by atoms with Gasteiger partial charge >= 0.3 is 5.97 Å². The van der Waals surface area contributed by atoms with Crippen molar-refractivity contribution in [2.45, 2.75) is 71.1 Å². The maximum absolute atomic E-state index is 12.5. The molecule has 2 aliphatic rings. The van der Waals surface area contributed by atoms with E-state index < -0.39 is 0 Å². The van der Waals surface area contributed by atoms with E-state index in [9.17, 15) is 4.79 Å². The van der Waals surface area contributed by atoms with Gasteiger partial charge in [0.15, 0.2) is 0 Å². The van der Waals surface area contributed by atoms with Gasteiger partial charge in [0.2, 0.25) is 0 Å². The smallest absolute Gasteiger partial charge is 0.314 e. The first-order chi connectivity index (χ1) is 12.7. The van der Waals surface area contributed by atoms with E-state index in [1.807, 2.05) is 0 Å². The molecule has 1 aromatic rings. The lowest BCUT2D eigenvalue weighted by Crippen LogP contribution is -2.35. The molecule has 3 heteroatoms. The van der Waals surface area contributed by atoms with Gasteiger partial charge in [0.25, 0.3) is 0 Å². The van der Waals surface area contributed by atoms with Crippen LogP contribution in [0.2, 0.25) is 0 Å². The van der Waals surface area contributed by atoms with Gasteiger partial charge in [0, 0.05) is 0 Å². The molecule has 26 heavy (non-hydrogen) atoms. The fourth-order valence-electron chi connectivity index (χ4n) is 4.94. The average Bonchev–Trinajstić information content (AvgIpc) is 2.68. The van der Waals surface area contributed by atoms with E-state index in [0.29, 0.717) is 17.2 Å². The molecule has 3 rings (SSSR count).